The number of likely N-dealkylation sites (N-methyl/N-ethyl adjacent to an activating group) is 1. The third-order valence-electron chi connectivity index (χ3n) is 7.82. The van der Waals surface area contributed by atoms with Crippen LogP contribution in [-0.4, -0.2) is 91.0 Å². The summed E-state index contributed by atoms with van der Waals surface area (Å²) in [5.41, 5.74) is 1.92. The van der Waals surface area contributed by atoms with Gasteiger partial charge in [0.15, 0.2) is 11.4 Å². The lowest BCUT2D eigenvalue weighted by molar-refractivity contribution is -0.116. The van der Waals surface area contributed by atoms with E-state index in [-0.39, 0.29) is 53.1 Å². The Bertz CT molecular complexity index is 1490. The van der Waals surface area contributed by atoms with E-state index in [1.165, 1.54) is 26.3 Å². The molecular formula is C31H42FN5O5Si. The third-order valence-corrected chi connectivity index (χ3v) is 9.52. The number of fused-ring (bicyclic) bond motifs is 1. The highest BCUT2D eigenvalue weighted by atomic mass is 28.3. The zero-order valence-electron chi connectivity index (χ0n) is 26.1. The Morgan fingerprint density at radius 1 is 1.09 bits per heavy atom. The molecule has 0 radical (unpaired) electrons. The Morgan fingerprint density at radius 3 is 2.42 bits per heavy atom. The lowest BCUT2D eigenvalue weighted by Crippen LogP contribution is -2.57. The first-order valence-electron chi connectivity index (χ1n) is 14.5. The molecule has 0 saturated carbocycles. The number of hydrogen-bond acceptors (Lipinski definition) is 7. The average Bonchev–Trinajstić information content (AvgIpc) is 3.33. The molecule has 1 fully saturated rings. The molecule has 1 aromatic carbocycles. The third kappa shape index (κ3) is 7.49. The number of piperazine rings is 1. The van der Waals surface area contributed by atoms with E-state index in [1.54, 1.807) is 33.9 Å². The van der Waals surface area contributed by atoms with Gasteiger partial charge in [-0.3, -0.25) is 19.3 Å². The number of pyridine rings is 1. The number of methoxy groups -OCH3 is 1. The Balaban J connectivity index is 1.63. The topological polar surface area (TPSA) is 106 Å². The molecule has 0 bridgehead atoms. The van der Waals surface area contributed by atoms with Crippen molar-refractivity contribution in [2.24, 2.45) is 0 Å². The smallest absolute Gasteiger partial charge is 0.292 e. The maximum atomic E-state index is 14.0. The standard InChI is InChI=1S/C31H42FN5O5Si/c1-20-16-37(21(2)15-35(20)17-22-8-10-23(32)11-9-22)31(40)28-26(41-4)14-25-27(34-28)24(29(38)30(39)33-3)18-36(25)19-42-12-13-43(5,6)7/h8-11,14,18,20-21H,12-13,15-17,19H2,1-7H3,(H,33,39)/t20-,21+/m0/s1. The fourth-order valence-electron chi connectivity index (χ4n) is 5.21. The minimum atomic E-state index is -1.30. The number of hydrogen-bond donors (Lipinski definition) is 1. The van der Waals surface area contributed by atoms with E-state index in [1.807, 2.05) is 13.8 Å². The van der Waals surface area contributed by atoms with Crippen LogP contribution in [0.1, 0.15) is 40.3 Å². The van der Waals surface area contributed by atoms with Gasteiger partial charge in [0.25, 0.3) is 17.6 Å². The summed E-state index contributed by atoms with van der Waals surface area (Å²) in [5.74, 6) is -1.85. The number of halogens is 1. The van der Waals surface area contributed by atoms with Crippen molar-refractivity contribution in [3.8, 4) is 5.75 Å². The fourth-order valence-corrected chi connectivity index (χ4v) is 5.97. The highest BCUT2D eigenvalue weighted by molar-refractivity contribution is 6.76. The molecule has 2 atom stereocenters. The number of nitrogens with one attached hydrogen (secondary N) is 1. The second-order valence-corrected chi connectivity index (χ2v) is 18.0. The second-order valence-electron chi connectivity index (χ2n) is 12.4. The Morgan fingerprint density at radius 2 is 1.79 bits per heavy atom. The van der Waals surface area contributed by atoms with Crippen molar-refractivity contribution in [1.29, 1.82) is 0 Å². The molecule has 0 spiro atoms. The largest absolute Gasteiger partial charge is 0.494 e. The van der Waals surface area contributed by atoms with Gasteiger partial charge in [0, 0.05) is 65.7 Å². The van der Waals surface area contributed by atoms with E-state index in [0.717, 1.165) is 11.6 Å². The lowest BCUT2D eigenvalue weighted by atomic mass is 10.1. The van der Waals surface area contributed by atoms with Gasteiger partial charge in [0.1, 0.15) is 18.1 Å². The van der Waals surface area contributed by atoms with Gasteiger partial charge in [-0.2, -0.15) is 0 Å². The maximum absolute atomic E-state index is 14.0. The van der Waals surface area contributed by atoms with Crippen molar-refractivity contribution < 1.29 is 28.2 Å². The van der Waals surface area contributed by atoms with Crippen molar-refractivity contribution in [3.05, 3.63) is 59.2 Å². The average molecular weight is 612 g/mol. The Kier molecular flexibility index (Phi) is 10.0. The van der Waals surface area contributed by atoms with Crippen molar-refractivity contribution in [3.63, 3.8) is 0 Å². The van der Waals surface area contributed by atoms with E-state index < -0.39 is 19.8 Å². The van der Waals surface area contributed by atoms with E-state index in [0.29, 0.717) is 31.8 Å². The monoisotopic (exact) mass is 611 g/mol. The molecule has 4 rings (SSSR count). The Labute approximate surface area is 253 Å². The van der Waals surface area contributed by atoms with E-state index in [2.05, 4.69) is 34.8 Å². The van der Waals surface area contributed by atoms with Gasteiger partial charge in [-0.25, -0.2) is 9.37 Å². The fraction of sp³-hybridized carbons (Fsp3) is 0.484. The van der Waals surface area contributed by atoms with Crippen LogP contribution in [0.25, 0.3) is 11.0 Å². The van der Waals surface area contributed by atoms with E-state index in [9.17, 15) is 18.8 Å². The molecule has 1 N–H and O–H groups in total. The molecule has 3 heterocycles. The summed E-state index contributed by atoms with van der Waals surface area (Å²) < 4.78 is 26.7. The summed E-state index contributed by atoms with van der Waals surface area (Å²) in [6.45, 7) is 13.2. The first-order valence-corrected chi connectivity index (χ1v) is 18.2. The zero-order chi connectivity index (χ0) is 31.5. The van der Waals surface area contributed by atoms with E-state index in [4.69, 9.17) is 9.47 Å². The van der Waals surface area contributed by atoms with Crippen LogP contribution in [0.3, 0.4) is 0 Å². The summed E-state index contributed by atoms with van der Waals surface area (Å²) in [7, 11) is 1.56. The molecule has 2 aromatic heterocycles. The van der Waals surface area contributed by atoms with Crippen LogP contribution < -0.4 is 10.1 Å². The molecule has 3 aromatic rings. The highest BCUT2D eigenvalue weighted by Gasteiger charge is 2.35. The minimum Gasteiger partial charge on any atom is -0.494 e. The molecule has 1 aliphatic heterocycles. The number of nitrogens with zero attached hydrogens (tertiary/aromatic N) is 4. The lowest BCUT2D eigenvalue weighted by Gasteiger charge is -2.44. The number of amides is 2. The zero-order valence-corrected chi connectivity index (χ0v) is 27.1. The molecule has 232 valence electrons. The van der Waals surface area contributed by atoms with Crippen molar-refractivity contribution >= 4 is 36.7 Å². The number of carbonyl (C=O) groups excluding carboxylic acids is 3. The van der Waals surface area contributed by atoms with Crippen LogP contribution in [0.15, 0.2) is 36.5 Å². The predicted octanol–water partition coefficient (Wildman–Crippen LogP) is 4.16. The molecule has 43 heavy (non-hydrogen) atoms. The quantitative estimate of drug-likeness (QED) is 0.150. The number of benzene rings is 1. The van der Waals surface area contributed by atoms with Gasteiger partial charge >= 0.3 is 0 Å². The van der Waals surface area contributed by atoms with Crippen LogP contribution >= 0.6 is 0 Å². The van der Waals surface area contributed by atoms with Crippen LogP contribution in [0.2, 0.25) is 25.7 Å². The predicted molar refractivity (Wildman–Crippen MR) is 166 cm³/mol. The summed E-state index contributed by atoms with van der Waals surface area (Å²) in [6, 6.07) is 8.98. The molecular weight excluding hydrogens is 569 g/mol. The summed E-state index contributed by atoms with van der Waals surface area (Å²) in [5, 5.41) is 2.38. The minimum absolute atomic E-state index is 0.0275. The highest BCUT2D eigenvalue weighted by Crippen LogP contribution is 2.30. The molecule has 0 aliphatic carbocycles. The Hall–Kier alpha value is -3.61. The van der Waals surface area contributed by atoms with Crippen LogP contribution in [0.5, 0.6) is 5.75 Å². The number of ether oxygens (including phenoxy) is 2. The molecule has 10 nitrogen and oxygen atoms in total. The summed E-state index contributed by atoms with van der Waals surface area (Å²) >= 11 is 0. The van der Waals surface area contributed by atoms with Gasteiger partial charge < -0.3 is 24.3 Å². The van der Waals surface area contributed by atoms with Gasteiger partial charge in [0.05, 0.1) is 18.2 Å². The number of Topliss-reactive ketones (excluding diaryl/α,β-unsaturated/α-hetero) is 1. The molecule has 1 aliphatic rings. The van der Waals surface area contributed by atoms with Crippen LogP contribution in [0.4, 0.5) is 4.39 Å². The summed E-state index contributed by atoms with van der Waals surface area (Å²) in [6.07, 6.45) is 1.55. The normalized spacial score (nSPS) is 17.7. The molecule has 12 heteroatoms. The maximum Gasteiger partial charge on any atom is 0.292 e. The number of rotatable bonds is 11. The molecule has 0 unspecified atom stereocenters. The van der Waals surface area contributed by atoms with Crippen LogP contribution in [0, 0.1) is 5.82 Å². The van der Waals surface area contributed by atoms with Crippen molar-refractivity contribution in [2.75, 3.05) is 33.9 Å². The van der Waals surface area contributed by atoms with Gasteiger partial charge in [-0.1, -0.05) is 31.8 Å². The van der Waals surface area contributed by atoms with Crippen molar-refractivity contribution in [1.82, 2.24) is 24.7 Å². The van der Waals surface area contributed by atoms with Gasteiger partial charge in [-0.15, -0.1) is 0 Å². The SMILES string of the molecule is CNC(=O)C(=O)c1cn(COCC[Si](C)(C)C)c2cc(OC)c(C(=O)N3C[C@H](C)N(Cc4ccc(F)cc4)C[C@H]3C)nc12. The summed E-state index contributed by atoms with van der Waals surface area (Å²) in [4.78, 5) is 48.1. The molecule has 2 amide bonds. The number of carbonyl (C=O) groups is 3. The number of ketones is 1. The molecule has 1 saturated heterocycles. The van der Waals surface area contributed by atoms with Gasteiger partial charge in [-0.05, 0) is 37.6 Å². The second kappa shape index (κ2) is 13.4. The van der Waals surface area contributed by atoms with Gasteiger partial charge in [0.2, 0.25) is 0 Å². The number of aromatic nitrogens is 2. The van der Waals surface area contributed by atoms with Crippen molar-refractivity contribution in [2.45, 2.75) is 64.9 Å². The van der Waals surface area contributed by atoms with Crippen LogP contribution in [-0.2, 0) is 22.8 Å². The van der Waals surface area contributed by atoms with E-state index >= 15 is 0 Å². The first-order chi connectivity index (χ1) is 20.3. The first kappa shape index (κ1) is 32.3.